The Balaban J connectivity index is 1.97. The van der Waals surface area contributed by atoms with Crippen LogP contribution in [0.3, 0.4) is 0 Å². The number of aryl methyl sites for hydroxylation is 1. The smallest absolute Gasteiger partial charge is 0.0543 e. The Bertz CT molecular complexity index is 418. The molecule has 0 bridgehead atoms. The number of ether oxygens (including phenoxy) is 1. The minimum absolute atomic E-state index is 0.366. The van der Waals surface area contributed by atoms with Gasteiger partial charge < -0.3 is 10.1 Å². The van der Waals surface area contributed by atoms with Gasteiger partial charge >= 0.3 is 0 Å². The van der Waals surface area contributed by atoms with Gasteiger partial charge in [0, 0.05) is 13.2 Å². The minimum Gasteiger partial charge on any atom is -0.382 e. The molecule has 0 fully saturated rings. The predicted molar refractivity (Wildman–Crippen MR) is 89.9 cm³/mol. The highest BCUT2D eigenvalue weighted by atomic mass is 16.5. The molecule has 2 heteroatoms. The first kappa shape index (κ1) is 16.5. The molecule has 1 aliphatic carbocycles. The second kappa shape index (κ2) is 8.55. The molecular weight excluding hydrogens is 258 g/mol. The number of hydrogen-bond acceptors (Lipinski definition) is 2. The summed E-state index contributed by atoms with van der Waals surface area (Å²) in [5.74, 6) is 0.733. The molecule has 0 aromatic heterocycles. The molecule has 2 nitrogen and oxygen atoms in total. The summed E-state index contributed by atoms with van der Waals surface area (Å²) in [5.41, 5.74) is 3.18. The fourth-order valence-electron chi connectivity index (χ4n) is 3.59. The van der Waals surface area contributed by atoms with Crippen molar-refractivity contribution in [1.82, 2.24) is 5.32 Å². The van der Waals surface area contributed by atoms with Crippen molar-refractivity contribution in [3.8, 4) is 0 Å². The van der Waals surface area contributed by atoms with Gasteiger partial charge in [-0.25, -0.2) is 0 Å². The van der Waals surface area contributed by atoms with Crippen LogP contribution in [-0.2, 0) is 11.2 Å². The van der Waals surface area contributed by atoms with Gasteiger partial charge in [-0.2, -0.15) is 0 Å². The fraction of sp³-hybridized carbons (Fsp3) is 0.684. The zero-order valence-electron chi connectivity index (χ0n) is 13.9. The van der Waals surface area contributed by atoms with Crippen LogP contribution in [0.4, 0.5) is 0 Å². The Kier molecular flexibility index (Phi) is 6.72. The molecule has 0 radical (unpaired) electrons. The van der Waals surface area contributed by atoms with Crippen molar-refractivity contribution in [3.05, 3.63) is 35.4 Å². The van der Waals surface area contributed by atoms with E-state index in [0.29, 0.717) is 12.1 Å². The number of rotatable bonds is 8. The highest BCUT2D eigenvalue weighted by Crippen LogP contribution is 2.35. The van der Waals surface area contributed by atoms with Crippen molar-refractivity contribution in [2.24, 2.45) is 0 Å². The third-order valence-electron chi connectivity index (χ3n) is 4.88. The van der Waals surface area contributed by atoms with Crippen LogP contribution in [0.25, 0.3) is 0 Å². The Hall–Kier alpha value is -0.860. The molecule has 0 spiro atoms. The van der Waals surface area contributed by atoms with Crippen LogP contribution in [0.15, 0.2) is 24.3 Å². The van der Waals surface area contributed by atoms with Crippen LogP contribution in [-0.4, -0.2) is 25.8 Å². The first-order valence-electron chi connectivity index (χ1n) is 8.58. The van der Waals surface area contributed by atoms with Crippen LogP contribution in [0, 0.1) is 0 Å². The molecule has 1 aliphatic rings. The molecule has 2 rings (SSSR count). The molecule has 3 unspecified atom stereocenters. The molecule has 1 aromatic rings. The molecule has 0 aliphatic heterocycles. The van der Waals surface area contributed by atoms with Gasteiger partial charge in [-0.3, -0.25) is 0 Å². The number of benzene rings is 1. The van der Waals surface area contributed by atoms with Crippen molar-refractivity contribution in [3.63, 3.8) is 0 Å². The van der Waals surface area contributed by atoms with E-state index in [0.717, 1.165) is 18.9 Å². The van der Waals surface area contributed by atoms with E-state index in [2.05, 4.69) is 43.4 Å². The monoisotopic (exact) mass is 289 g/mol. The van der Waals surface area contributed by atoms with E-state index in [4.69, 9.17) is 4.74 Å². The van der Waals surface area contributed by atoms with Gasteiger partial charge in [-0.1, -0.05) is 31.2 Å². The maximum atomic E-state index is 5.40. The van der Waals surface area contributed by atoms with E-state index < -0.39 is 0 Å². The molecule has 118 valence electrons. The Labute approximate surface area is 130 Å². The zero-order valence-corrected chi connectivity index (χ0v) is 13.9. The summed E-state index contributed by atoms with van der Waals surface area (Å²) in [6.45, 7) is 5.43. The third kappa shape index (κ3) is 4.82. The minimum atomic E-state index is 0.366. The van der Waals surface area contributed by atoms with Crippen LogP contribution >= 0.6 is 0 Å². The van der Waals surface area contributed by atoms with Gasteiger partial charge in [0.05, 0.1) is 6.10 Å². The van der Waals surface area contributed by atoms with Gasteiger partial charge in [0.2, 0.25) is 0 Å². The average Bonchev–Trinajstić information content (AvgIpc) is 2.52. The van der Waals surface area contributed by atoms with Gasteiger partial charge in [0.1, 0.15) is 0 Å². The van der Waals surface area contributed by atoms with E-state index in [9.17, 15) is 0 Å². The molecule has 1 aromatic carbocycles. The SMILES string of the molecule is CCNC(CCC(C)OC)CC1CCCc2ccccc21. The van der Waals surface area contributed by atoms with Crippen molar-refractivity contribution < 1.29 is 4.74 Å². The molecule has 0 saturated carbocycles. The summed E-state index contributed by atoms with van der Waals surface area (Å²) in [6.07, 6.45) is 7.93. The second-order valence-corrected chi connectivity index (χ2v) is 6.40. The molecule has 1 N–H and O–H groups in total. The average molecular weight is 289 g/mol. The van der Waals surface area contributed by atoms with Crippen molar-refractivity contribution in [2.45, 2.75) is 70.4 Å². The summed E-state index contributed by atoms with van der Waals surface area (Å²) in [7, 11) is 1.81. The highest BCUT2D eigenvalue weighted by Gasteiger charge is 2.23. The van der Waals surface area contributed by atoms with E-state index in [1.807, 2.05) is 7.11 Å². The molecule has 21 heavy (non-hydrogen) atoms. The molecule has 3 atom stereocenters. The Morgan fingerprint density at radius 1 is 1.29 bits per heavy atom. The normalized spacial score (nSPS) is 20.8. The quantitative estimate of drug-likeness (QED) is 0.771. The highest BCUT2D eigenvalue weighted by molar-refractivity contribution is 5.32. The zero-order chi connectivity index (χ0) is 15.1. The lowest BCUT2D eigenvalue weighted by atomic mass is 9.79. The maximum Gasteiger partial charge on any atom is 0.0543 e. The lowest BCUT2D eigenvalue weighted by molar-refractivity contribution is 0.105. The number of nitrogens with one attached hydrogen (secondary N) is 1. The van der Waals surface area contributed by atoms with Crippen molar-refractivity contribution >= 4 is 0 Å². The molecule has 0 amide bonds. The van der Waals surface area contributed by atoms with Crippen molar-refractivity contribution in [1.29, 1.82) is 0 Å². The van der Waals surface area contributed by atoms with E-state index in [1.165, 1.54) is 32.1 Å². The third-order valence-corrected chi connectivity index (χ3v) is 4.88. The lowest BCUT2D eigenvalue weighted by Gasteiger charge is -2.30. The summed E-state index contributed by atoms with van der Waals surface area (Å²) in [5, 5.41) is 3.68. The van der Waals surface area contributed by atoms with Crippen molar-refractivity contribution in [2.75, 3.05) is 13.7 Å². The van der Waals surface area contributed by atoms with E-state index in [1.54, 1.807) is 11.1 Å². The second-order valence-electron chi connectivity index (χ2n) is 6.40. The van der Waals surface area contributed by atoms with Gasteiger partial charge in [0.15, 0.2) is 0 Å². The number of methoxy groups -OCH3 is 1. The van der Waals surface area contributed by atoms with Crippen LogP contribution in [0.5, 0.6) is 0 Å². The van der Waals surface area contributed by atoms with E-state index in [-0.39, 0.29) is 0 Å². The number of fused-ring (bicyclic) bond motifs is 1. The largest absolute Gasteiger partial charge is 0.382 e. The summed E-state index contributed by atoms with van der Waals surface area (Å²) in [6, 6.07) is 9.66. The summed E-state index contributed by atoms with van der Waals surface area (Å²) in [4.78, 5) is 0. The maximum absolute atomic E-state index is 5.40. The van der Waals surface area contributed by atoms with Gasteiger partial charge in [-0.05, 0) is 69.0 Å². The summed E-state index contributed by atoms with van der Waals surface area (Å²) >= 11 is 0. The Morgan fingerprint density at radius 3 is 2.86 bits per heavy atom. The molecule has 0 saturated heterocycles. The standard InChI is InChI=1S/C19H31NO/c1-4-20-18(13-12-15(2)21-3)14-17-10-7-9-16-8-5-6-11-19(16)17/h5-6,8,11,15,17-18,20H,4,7,9-10,12-14H2,1-3H3. The van der Waals surface area contributed by atoms with Crippen LogP contribution in [0.1, 0.15) is 63.0 Å². The first-order chi connectivity index (χ1) is 10.2. The molecular formula is C19H31NO. The summed E-state index contributed by atoms with van der Waals surface area (Å²) < 4.78 is 5.40. The molecule has 0 heterocycles. The van der Waals surface area contributed by atoms with Crippen LogP contribution < -0.4 is 5.32 Å². The predicted octanol–water partition coefficient (Wildman–Crippen LogP) is 4.29. The first-order valence-corrected chi connectivity index (χ1v) is 8.58. The lowest BCUT2D eigenvalue weighted by Crippen LogP contribution is -2.32. The number of hydrogen-bond donors (Lipinski definition) is 1. The van der Waals surface area contributed by atoms with Gasteiger partial charge in [-0.15, -0.1) is 0 Å². The fourth-order valence-corrected chi connectivity index (χ4v) is 3.59. The topological polar surface area (TPSA) is 21.3 Å². The van der Waals surface area contributed by atoms with Crippen LogP contribution in [0.2, 0.25) is 0 Å². The Morgan fingerprint density at radius 2 is 2.10 bits per heavy atom. The van der Waals surface area contributed by atoms with Gasteiger partial charge in [0.25, 0.3) is 0 Å². The van der Waals surface area contributed by atoms with E-state index >= 15 is 0 Å².